The van der Waals surface area contributed by atoms with Crippen LogP contribution in [-0.2, 0) is 20.1 Å². The van der Waals surface area contributed by atoms with Crippen molar-refractivity contribution in [3.8, 4) is 11.5 Å². The zero-order valence-electron chi connectivity index (χ0n) is 21.0. The number of aromatic nitrogens is 4. The third kappa shape index (κ3) is 4.55. The Hall–Kier alpha value is -3.81. The van der Waals surface area contributed by atoms with E-state index in [0.29, 0.717) is 36.7 Å². The first-order valence-electron chi connectivity index (χ1n) is 12.9. The van der Waals surface area contributed by atoms with Gasteiger partial charge in [-0.15, -0.1) is 0 Å². The molecule has 8 nitrogen and oxygen atoms in total. The highest BCUT2D eigenvalue weighted by molar-refractivity contribution is 5.77. The Balaban J connectivity index is 1.39. The molecule has 0 N–H and O–H groups in total. The zero-order valence-corrected chi connectivity index (χ0v) is 21.0. The quantitative estimate of drug-likeness (QED) is 0.288. The van der Waals surface area contributed by atoms with Crippen LogP contribution >= 0.6 is 0 Å². The first-order valence-corrected chi connectivity index (χ1v) is 12.9. The lowest BCUT2D eigenvalue weighted by atomic mass is 10.1. The van der Waals surface area contributed by atoms with Crippen LogP contribution in [0.25, 0.3) is 11.2 Å². The number of anilines is 2. The number of imidazole rings is 1. The van der Waals surface area contributed by atoms with Crippen LogP contribution in [0.5, 0.6) is 11.5 Å². The van der Waals surface area contributed by atoms with E-state index < -0.39 is 0 Å². The number of hydrogen-bond donors (Lipinski definition) is 0. The molecule has 0 unspecified atom stereocenters. The molecule has 0 aliphatic carbocycles. The van der Waals surface area contributed by atoms with Crippen LogP contribution in [0.4, 0.5) is 11.6 Å². The molecule has 4 aromatic rings. The van der Waals surface area contributed by atoms with Gasteiger partial charge in [0.25, 0.3) is 5.56 Å². The van der Waals surface area contributed by atoms with E-state index in [1.54, 1.807) is 7.05 Å². The number of benzene rings is 2. The summed E-state index contributed by atoms with van der Waals surface area (Å²) in [5.41, 5.74) is 1.36. The van der Waals surface area contributed by atoms with Crippen LogP contribution in [0.2, 0.25) is 0 Å². The first-order chi connectivity index (χ1) is 17.6. The molecule has 2 aromatic carbocycles. The van der Waals surface area contributed by atoms with Crippen molar-refractivity contribution in [2.24, 2.45) is 7.05 Å². The Morgan fingerprint density at radius 3 is 2.31 bits per heavy atom. The summed E-state index contributed by atoms with van der Waals surface area (Å²) in [6.07, 6.45) is 6.62. The van der Waals surface area contributed by atoms with Gasteiger partial charge in [0.1, 0.15) is 11.5 Å². The maximum Gasteiger partial charge on any atom is 0.332 e. The van der Waals surface area contributed by atoms with Crippen molar-refractivity contribution in [2.75, 3.05) is 11.4 Å². The Bertz CT molecular complexity index is 1450. The molecule has 188 valence electrons. The van der Waals surface area contributed by atoms with Gasteiger partial charge in [-0.3, -0.25) is 13.9 Å². The zero-order chi connectivity index (χ0) is 25.1. The average molecular weight is 488 g/mol. The fraction of sp³-hybridized carbons (Fsp3) is 0.393. The largest absolute Gasteiger partial charge is 0.457 e. The fourth-order valence-electron chi connectivity index (χ4n) is 4.89. The van der Waals surface area contributed by atoms with Gasteiger partial charge in [-0.2, -0.15) is 4.98 Å². The number of aryl methyl sites for hydroxylation is 1. The Morgan fingerprint density at radius 2 is 1.56 bits per heavy atom. The Morgan fingerprint density at radius 1 is 0.861 bits per heavy atom. The smallest absolute Gasteiger partial charge is 0.332 e. The van der Waals surface area contributed by atoms with E-state index >= 15 is 0 Å². The number of rotatable bonds is 10. The second kappa shape index (κ2) is 10.4. The SMILES string of the molecule is CCCCCCCCn1c(=O)c2c(nc3n2CCN3c2ccc(Oc3ccccc3)cc2)n(C)c1=O. The maximum atomic E-state index is 13.4. The van der Waals surface area contributed by atoms with Gasteiger partial charge in [0.05, 0.1) is 0 Å². The van der Waals surface area contributed by atoms with E-state index in [-0.39, 0.29) is 11.2 Å². The molecule has 0 spiro atoms. The monoisotopic (exact) mass is 487 g/mol. The number of para-hydroxylation sites is 1. The highest BCUT2D eigenvalue weighted by Gasteiger charge is 2.28. The normalized spacial score (nSPS) is 12.9. The number of hydrogen-bond acceptors (Lipinski definition) is 5. The molecule has 0 amide bonds. The van der Waals surface area contributed by atoms with Gasteiger partial charge in [-0.25, -0.2) is 4.79 Å². The van der Waals surface area contributed by atoms with Crippen molar-refractivity contribution >= 4 is 22.8 Å². The van der Waals surface area contributed by atoms with Crippen molar-refractivity contribution in [3.05, 3.63) is 75.4 Å². The summed E-state index contributed by atoms with van der Waals surface area (Å²) < 4.78 is 10.7. The van der Waals surface area contributed by atoms with E-state index in [1.807, 2.05) is 59.2 Å². The molecule has 2 aromatic heterocycles. The minimum Gasteiger partial charge on any atom is -0.457 e. The second-order valence-electron chi connectivity index (χ2n) is 9.36. The molecule has 1 aliphatic rings. The van der Waals surface area contributed by atoms with Crippen molar-refractivity contribution in [1.29, 1.82) is 0 Å². The van der Waals surface area contributed by atoms with Gasteiger partial charge < -0.3 is 14.2 Å². The van der Waals surface area contributed by atoms with Gasteiger partial charge in [0.2, 0.25) is 5.95 Å². The molecule has 1 aliphatic heterocycles. The predicted molar refractivity (Wildman–Crippen MR) is 143 cm³/mol. The van der Waals surface area contributed by atoms with Crippen LogP contribution in [-0.4, -0.2) is 25.2 Å². The highest BCUT2D eigenvalue weighted by Crippen LogP contribution is 2.33. The summed E-state index contributed by atoms with van der Waals surface area (Å²) in [6.45, 7) is 3.98. The van der Waals surface area contributed by atoms with E-state index in [1.165, 1.54) is 28.4 Å². The fourth-order valence-corrected chi connectivity index (χ4v) is 4.89. The van der Waals surface area contributed by atoms with Crippen molar-refractivity contribution < 1.29 is 4.74 Å². The molecule has 0 saturated carbocycles. The van der Waals surface area contributed by atoms with Crippen LogP contribution in [0, 0.1) is 0 Å². The Labute approximate surface area is 210 Å². The van der Waals surface area contributed by atoms with E-state index in [9.17, 15) is 9.59 Å². The molecule has 0 atom stereocenters. The first kappa shape index (κ1) is 23.9. The van der Waals surface area contributed by atoms with Crippen molar-refractivity contribution in [1.82, 2.24) is 18.7 Å². The lowest BCUT2D eigenvalue weighted by Gasteiger charge is -2.16. The summed E-state index contributed by atoms with van der Waals surface area (Å²) in [7, 11) is 1.70. The maximum absolute atomic E-state index is 13.4. The molecule has 0 radical (unpaired) electrons. The van der Waals surface area contributed by atoms with Gasteiger partial charge in [-0.05, 0) is 42.8 Å². The van der Waals surface area contributed by atoms with Gasteiger partial charge in [-0.1, -0.05) is 57.2 Å². The summed E-state index contributed by atoms with van der Waals surface area (Å²) in [6, 6.07) is 17.5. The van der Waals surface area contributed by atoms with E-state index in [0.717, 1.165) is 36.4 Å². The van der Waals surface area contributed by atoms with Crippen LogP contribution in [0.3, 0.4) is 0 Å². The van der Waals surface area contributed by atoms with Crippen LogP contribution < -0.4 is 20.9 Å². The molecular formula is C28H33N5O3. The summed E-state index contributed by atoms with van der Waals surface area (Å²) >= 11 is 0. The van der Waals surface area contributed by atoms with Crippen molar-refractivity contribution in [2.45, 2.75) is 58.5 Å². The molecule has 3 heterocycles. The van der Waals surface area contributed by atoms with Crippen molar-refractivity contribution in [3.63, 3.8) is 0 Å². The summed E-state index contributed by atoms with van der Waals surface area (Å²) in [5, 5.41) is 0. The number of nitrogens with zero attached hydrogens (tertiary/aromatic N) is 5. The van der Waals surface area contributed by atoms with Gasteiger partial charge >= 0.3 is 5.69 Å². The second-order valence-corrected chi connectivity index (χ2v) is 9.36. The summed E-state index contributed by atoms with van der Waals surface area (Å²) in [4.78, 5) is 33.2. The van der Waals surface area contributed by atoms with Crippen LogP contribution in [0.1, 0.15) is 45.4 Å². The topological polar surface area (TPSA) is 74.3 Å². The molecule has 0 fully saturated rings. The predicted octanol–water partition coefficient (Wildman–Crippen LogP) is 5.20. The lowest BCUT2D eigenvalue weighted by molar-refractivity contribution is 0.482. The number of fused-ring (bicyclic) bond motifs is 3. The van der Waals surface area contributed by atoms with Gasteiger partial charge in [0.15, 0.2) is 11.2 Å². The summed E-state index contributed by atoms with van der Waals surface area (Å²) in [5.74, 6) is 2.22. The lowest BCUT2D eigenvalue weighted by Crippen LogP contribution is -2.39. The minimum absolute atomic E-state index is 0.242. The van der Waals surface area contributed by atoms with Crippen LogP contribution in [0.15, 0.2) is 64.2 Å². The third-order valence-corrected chi connectivity index (χ3v) is 6.86. The standard InChI is InChI=1S/C28H33N5O3/c1-3-4-5-6-7-11-18-33-26(34)24-25(30(2)28(33)35)29-27-31(19-20-32(24)27)21-14-16-23(17-15-21)36-22-12-9-8-10-13-22/h8-10,12-17H,3-7,11,18-20H2,1-2H3. The molecular weight excluding hydrogens is 454 g/mol. The number of ether oxygens (including phenoxy) is 1. The molecule has 0 saturated heterocycles. The third-order valence-electron chi connectivity index (χ3n) is 6.86. The highest BCUT2D eigenvalue weighted by atomic mass is 16.5. The Kier molecular flexibility index (Phi) is 6.93. The number of unbranched alkanes of at least 4 members (excludes halogenated alkanes) is 5. The molecule has 5 rings (SSSR count). The van der Waals surface area contributed by atoms with E-state index in [2.05, 4.69) is 11.8 Å². The van der Waals surface area contributed by atoms with Gasteiger partial charge in [0, 0.05) is 32.4 Å². The van der Waals surface area contributed by atoms with E-state index in [4.69, 9.17) is 9.72 Å². The minimum atomic E-state index is -0.299. The average Bonchev–Trinajstić information content (AvgIpc) is 3.47. The molecule has 8 heteroatoms. The molecule has 0 bridgehead atoms. The molecule has 36 heavy (non-hydrogen) atoms.